The molecule has 0 spiro atoms. The van der Waals surface area contributed by atoms with Crippen LogP contribution in [0, 0.1) is 5.92 Å². The number of carbonyl (C=O) groups excluding carboxylic acids is 1. The molecule has 2 bridgehead atoms. The van der Waals surface area contributed by atoms with Crippen molar-refractivity contribution >= 4 is 17.2 Å². The summed E-state index contributed by atoms with van der Waals surface area (Å²) in [5.74, 6) is 1.09. The van der Waals surface area contributed by atoms with Crippen LogP contribution in [0.1, 0.15) is 36.5 Å². The monoisotopic (exact) mass is 342 g/mol. The number of fused-ring (bicyclic) bond motifs is 2. The van der Waals surface area contributed by atoms with Crippen LogP contribution in [0.3, 0.4) is 0 Å². The lowest BCUT2D eigenvalue weighted by atomic mass is 9.91. The summed E-state index contributed by atoms with van der Waals surface area (Å²) in [6, 6.07) is 1.72. The van der Waals surface area contributed by atoms with Crippen LogP contribution in [-0.2, 0) is 4.74 Å². The SMILES string of the molecule is C[C@H]1Nc2ccn3ncc(c3n2)C(=O)CCCOC2=CC=C(F)CC21. The van der Waals surface area contributed by atoms with Gasteiger partial charge in [-0.1, -0.05) is 0 Å². The second-order valence-corrected chi connectivity index (χ2v) is 6.44. The Morgan fingerprint density at radius 1 is 1.40 bits per heavy atom. The number of halogens is 1. The molecule has 1 aliphatic carbocycles. The van der Waals surface area contributed by atoms with Crippen molar-refractivity contribution < 1.29 is 13.9 Å². The Hall–Kier alpha value is -2.70. The Balaban J connectivity index is 1.72. The molecular weight excluding hydrogens is 323 g/mol. The van der Waals surface area contributed by atoms with Crippen LogP contribution in [0.5, 0.6) is 0 Å². The summed E-state index contributed by atoms with van der Waals surface area (Å²) < 4.78 is 21.2. The van der Waals surface area contributed by atoms with Gasteiger partial charge in [-0.15, -0.1) is 0 Å². The molecule has 2 aromatic heterocycles. The highest BCUT2D eigenvalue weighted by molar-refractivity contribution is 6.01. The topological polar surface area (TPSA) is 68.5 Å². The van der Waals surface area contributed by atoms with E-state index in [2.05, 4.69) is 15.4 Å². The molecule has 25 heavy (non-hydrogen) atoms. The number of nitrogens with one attached hydrogen (secondary N) is 1. The van der Waals surface area contributed by atoms with E-state index in [4.69, 9.17) is 4.74 Å². The maximum atomic E-state index is 13.8. The average Bonchev–Trinajstić information content (AvgIpc) is 3.02. The molecule has 130 valence electrons. The Bertz CT molecular complexity index is 886. The quantitative estimate of drug-likeness (QED) is 0.796. The van der Waals surface area contributed by atoms with Crippen molar-refractivity contribution in [2.24, 2.45) is 5.92 Å². The highest BCUT2D eigenvalue weighted by Gasteiger charge is 2.28. The molecule has 1 aliphatic heterocycles. The van der Waals surface area contributed by atoms with Gasteiger partial charge in [0.15, 0.2) is 11.4 Å². The molecule has 6 nitrogen and oxygen atoms in total. The fourth-order valence-corrected chi connectivity index (χ4v) is 3.29. The largest absolute Gasteiger partial charge is 0.498 e. The van der Waals surface area contributed by atoms with E-state index in [1.807, 2.05) is 6.92 Å². The van der Waals surface area contributed by atoms with Crippen molar-refractivity contribution in [3.8, 4) is 0 Å². The predicted octanol–water partition coefficient (Wildman–Crippen LogP) is 3.28. The summed E-state index contributed by atoms with van der Waals surface area (Å²) >= 11 is 0. The van der Waals surface area contributed by atoms with Gasteiger partial charge in [0.05, 0.1) is 18.4 Å². The fourth-order valence-electron chi connectivity index (χ4n) is 3.29. The zero-order valence-electron chi connectivity index (χ0n) is 13.9. The Morgan fingerprint density at radius 2 is 2.28 bits per heavy atom. The van der Waals surface area contributed by atoms with Crippen LogP contribution < -0.4 is 5.32 Å². The molecule has 0 radical (unpaired) electrons. The smallest absolute Gasteiger partial charge is 0.168 e. The van der Waals surface area contributed by atoms with Crippen LogP contribution in [0.15, 0.2) is 42.2 Å². The lowest BCUT2D eigenvalue weighted by Gasteiger charge is -2.29. The van der Waals surface area contributed by atoms with E-state index in [0.29, 0.717) is 42.9 Å². The van der Waals surface area contributed by atoms with E-state index in [1.165, 1.54) is 6.08 Å². The molecular formula is C18H19FN4O2. The van der Waals surface area contributed by atoms with Gasteiger partial charge in [-0.3, -0.25) is 4.79 Å². The summed E-state index contributed by atoms with van der Waals surface area (Å²) in [4.78, 5) is 17.0. The first-order chi connectivity index (χ1) is 12.1. The maximum Gasteiger partial charge on any atom is 0.168 e. The highest BCUT2D eigenvalue weighted by Crippen LogP contribution is 2.31. The first-order valence-electron chi connectivity index (χ1n) is 8.45. The summed E-state index contributed by atoms with van der Waals surface area (Å²) in [6.45, 7) is 2.40. The molecule has 1 N–H and O–H groups in total. The first-order valence-corrected chi connectivity index (χ1v) is 8.45. The van der Waals surface area contributed by atoms with Gasteiger partial charge in [0.1, 0.15) is 17.4 Å². The van der Waals surface area contributed by atoms with Crippen molar-refractivity contribution in [1.29, 1.82) is 0 Å². The van der Waals surface area contributed by atoms with Gasteiger partial charge < -0.3 is 10.1 Å². The number of aromatic nitrogens is 3. The number of ether oxygens (including phenoxy) is 1. The molecule has 0 aromatic carbocycles. The third-order valence-corrected chi connectivity index (χ3v) is 4.67. The Labute approximate surface area is 144 Å². The molecule has 2 aromatic rings. The number of ketones is 1. The number of hydrogen-bond donors (Lipinski definition) is 1. The first kappa shape index (κ1) is 15.8. The lowest BCUT2D eigenvalue weighted by Crippen LogP contribution is -2.30. The molecule has 0 saturated heterocycles. The summed E-state index contributed by atoms with van der Waals surface area (Å²) in [5, 5.41) is 7.50. The Morgan fingerprint density at radius 3 is 3.16 bits per heavy atom. The summed E-state index contributed by atoms with van der Waals surface area (Å²) in [7, 11) is 0. The molecule has 7 heteroatoms. The van der Waals surface area contributed by atoms with Crippen molar-refractivity contribution in [2.45, 2.75) is 32.2 Å². The van der Waals surface area contributed by atoms with E-state index in [9.17, 15) is 9.18 Å². The number of allylic oxidation sites excluding steroid dienone is 3. The molecule has 0 fully saturated rings. The molecule has 0 amide bonds. The minimum atomic E-state index is -0.160. The lowest BCUT2D eigenvalue weighted by molar-refractivity contribution is 0.0960. The van der Waals surface area contributed by atoms with Crippen LogP contribution in [0.4, 0.5) is 10.2 Å². The van der Waals surface area contributed by atoms with E-state index < -0.39 is 0 Å². The zero-order valence-corrected chi connectivity index (χ0v) is 13.9. The standard InChI is InChI=1S/C18H19FN4O2/c1-11-13-9-12(19)4-5-16(13)25-8-2-3-15(24)14-10-20-23-7-6-17(21-11)22-18(14)23/h4-7,10-11,13H,2-3,8-9H2,1H3,(H,21,22)/t11-,13?/m1/s1. The van der Waals surface area contributed by atoms with Crippen molar-refractivity contribution in [1.82, 2.24) is 14.6 Å². The molecule has 1 unspecified atom stereocenters. The van der Waals surface area contributed by atoms with Crippen LogP contribution in [0.25, 0.3) is 5.65 Å². The van der Waals surface area contributed by atoms with E-state index in [1.54, 1.807) is 29.1 Å². The zero-order chi connectivity index (χ0) is 17.4. The summed E-state index contributed by atoms with van der Waals surface area (Å²) in [5.41, 5.74) is 1.05. The maximum absolute atomic E-state index is 13.8. The van der Waals surface area contributed by atoms with Crippen molar-refractivity contribution in [3.63, 3.8) is 0 Å². The number of nitrogens with zero attached hydrogens (tertiary/aromatic N) is 3. The number of anilines is 1. The third kappa shape index (κ3) is 3.01. The molecule has 2 aliphatic rings. The van der Waals surface area contributed by atoms with Crippen LogP contribution in [0.2, 0.25) is 0 Å². The van der Waals surface area contributed by atoms with Gasteiger partial charge in [0, 0.05) is 31.0 Å². The van der Waals surface area contributed by atoms with Gasteiger partial charge in [0.25, 0.3) is 0 Å². The molecule has 2 atom stereocenters. The molecule has 3 heterocycles. The van der Waals surface area contributed by atoms with Gasteiger partial charge in [-0.25, -0.2) is 13.9 Å². The number of hydrogen-bond acceptors (Lipinski definition) is 5. The third-order valence-electron chi connectivity index (χ3n) is 4.67. The minimum absolute atomic E-state index is 0.00402. The van der Waals surface area contributed by atoms with Crippen LogP contribution >= 0.6 is 0 Å². The number of Topliss-reactive ketones (excluding diaryl/α,β-unsaturated/α-hetero) is 1. The number of rotatable bonds is 0. The van der Waals surface area contributed by atoms with Crippen molar-refractivity contribution in [2.75, 3.05) is 11.9 Å². The minimum Gasteiger partial charge on any atom is -0.498 e. The van der Waals surface area contributed by atoms with Crippen molar-refractivity contribution in [3.05, 3.63) is 47.8 Å². The van der Waals surface area contributed by atoms with Crippen LogP contribution in [-0.4, -0.2) is 33.0 Å². The van der Waals surface area contributed by atoms with Gasteiger partial charge in [-0.2, -0.15) is 5.10 Å². The Kier molecular flexibility index (Phi) is 3.99. The van der Waals surface area contributed by atoms with E-state index in [0.717, 1.165) is 5.76 Å². The van der Waals surface area contributed by atoms with Gasteiger partial charge in [-0.05, 0) is 31.6 Å². The second kappa shape index (κ2) is 6.31. The normalized spacial score (nSPS) is 24.2. The molecule has 0 saturated carbocycles. The second-order valence-electron chi connectivity index (χ2n) is 6.44. The average molecular weight is 342 g/mol. The molecule has 4 rings (SSSR count). The fraction of sp³-hybridized carbons (Fsp3) is 0.389. The van der Waals surface area contributed by atoms with E-state index >= 15 is 0 Å². The van der Waals surface area contributed by atoms with E-state index in [-0.39, 0.29) is 23.6 Å². The van der Waals surface area contributed by atoms with Gasteiger partial charge in [0.2, 0.25) is 0 Å². The van der Waals surface area contributed by atoms with Gasteiger partial charge >= 0.3 is 0 Å². The predicted molar refractivity (Wildman–Crippen MR) is 91.0 cm³/mol. The number of carbonyl (C=O) groups is 1. The summed E-state index contributed by atoms with van der Waals surface area (Å²) in [6.07, 6.45) is 7.70. The highest BCUT2D eigenvalue weighted by atomic mass is 19.1.